The average Bonchev–Trinajstić information content (AvgIpc) is 2.77. The lowest BCUT2D eigenvalue weighted by Crippen LogP contribution is -2.35. The number of aryl methyl sites for hydroxylation is 2. The van der Waals surface area contributed by atoms with Crippen LogP contribution in [0.4, 0.5) is 5.69 Å². The average molecular weight is 300 g/mol. The van der Waals surface area contributed by atoms with Gasteiger partial charge in [-0.3, -0.25) is 0 Å². The van der Waals surface area contributed by atoms with E-state index in [1.54, 1.807) is 18.7 Å². The highest BCUT2D eigenvalue weighted by Gasteiger charge is 2.26. The van der Waals surface area contributed by atoms with Gasteiger partial charge in [0.1, 0.15) is 0 Å². The lowest BCUT2D eigenvalue weighted by atomic mass is 10.1. The van der Waals surface area contributed by atoms with Crippen LogP contribution in [0.2, 0.25) is 0 Å². The highest BCUT2D eigenvalue weighted by molar-refractivity contribution is 7.99. The highest BCUT2D eigenvalue weighted by atomic mass is 32.2. The predicted octanol–water partition coefficient (Wildman–Crippen LogP) is 1.98. The molecule has 2 rings (SSSR count). The van der Waals surface area contributed by atoms with Gasteiger partial charge in [-0.25, -0.2) is 13.1 Å². The van der Waals surface area contributed by atoms with Gasteiger partial charge in [-0.2, -0.15) is 11.8 Å². The van der Waals surface area contributed by atoms with Gasteiger partial charge in [0, 0.05) is 17.5 Å². The quantitative estimate of drug-likeness (QED) is 0.837. The first-order valence-corrected chi connectivity index (χ1v) is 8.93. The maximum absolute atomic E-state index is 12.5. The fourth-order valence-corrected chi connectivity index (χ4v) is 5.51. The molecule has 0 aliphatic carbocycles. The van der Waals surface area contributed by atoms with Gasteiger partial charge in [0.05, 0.1) is 4.90 Å². The smallest absolute Gasteiger partial charge is 0.241 e. The molecule has 1 fully saturated rings. The van der Waals surface area contributed by atoms with Crippen molar-refractivity contribution in [3.05, 3.63) is 22.8 Å². The number of sulfonamides is 1. The number of thioether (sulfide) groups is 1. The molecule has 1 saturated heterocycles. The number of rotatable bonds is 3. The van der Waals surface area contributed by atoms with Crippen molar-refractivity contribution in [3.63, 3.8) is 0 Å². The van der Waals surface area contributed by atoms with Crippen molar-refractivity contribution in [2.75, 3.05) is 17.2 Å². The molecule has 1 atom stereocenters. The zero-order chi connectivity index (χ0) is 14.2. The molecule has 1 aromatic rings. The first kappa shape index (κ1) is 14.7. The Morgan fingerprint density at radius 1 is 1.32 bits per heavy atom. The van der Waals surface area contributed by atoms with Crippen LogP contribution in [-0.4, -0.2) is 26.0 Å². The van der Waals surface area contributed by atoms with E-state index in [4.69, 9.17) is 5.73 Å². The van der Waals surface area contributed by atoms with Gasteiger partial charge in [-0.1, -0.05) is 6.07 Å². The molecule has 106 valence electrons. The first-order valence-electron chi connectivity index (χ1n) is 6.29. The standard InChI is InChI=1S/C13H20N2O2S2/c1-8-6-9(2)13(10(3)12(8)14)19(16,17)15-11-4-5-18-7-11/h6,11,15H,4-5,7,14H2,1-3H3. The van der Waals surface area contributed by atoms with E-state index in [-0.39, 0.29) is 6.04 Å². The highest BCUT2D eigenvalue weighted by Crippen LogP contribution is 2.29. The van der Waals surface area contributed by atoms with Crippen LogP contribution in [0.5, 0.6) is 0 Å². The molecule has 1 unspecified atom stereocenters. The largest absolute Gasteiger partial charge is 0.398 e. The van der Waals surface area contributed by atoms with Gasteiger partial charge >= 0.3 is 0 Å². The summed E-state index contributed by atoms with van der Waals surface area (Å²) in [4.78, 5) is 0.340. The van der Waals surface area contributed by atoms with Gasteiger partial charge in [0.25, 0.3) is 0 Å². The topological polar surface area (TPSA) is 72.2 Å². The Hall–Kier alpha value is -0.720. The summed E-state index contributed by atoms with van der Waals surface area (Å²) in [7, 11) is -3.49. The zero-order valence-corrected chi connectivity index (χ0v) is 13.1. The molecule has 1 aromatic carbocycles. The molecule has 0 saturated carbocycles. The molecule has 3 N–H and O–H groups in total. The summed E-state index contributed by atoms with van der Waals surface area (Å²) in [5.41, 5.74) is 8.84. The molecular formula is C13H20N2O2S2. The van der Waals surface area contributed by atoms with Gasteiger partial charge in [-0.05, 0) is 49.6 Å². The van der Waals surface area contributed by atoms with Crippen molar-refractivity contribution in [3.8, 4) is 0 Å². The van der Waals surface area contributed by atoms with E-state index in [1.165, 1.54) is 0 Å². The minimum atomic E-state index is -3.49. The number of nitrogens with one attached hydrogen (secondary N) is 1. The normalized spacial score (nSPS) is 19.8. The van der Waals surface area contributed by atoms with E-state index in [2.05, 4.69) is 4.72 Å². The van der Waals surface area contributed by atoms with Crippen molar-refractivity contribution >= 4 is 27.5 Å². The van der Waals surface area contributed by atoms with Crippen molar-refractivity contribution in [1.29, 1.82) is 0 Å². The van der Waals surface area contributed by atoms with Gasteiger partial charge in [0.2, 0.25) is 10.0 Å². The second-order valence-corrected chi connectivity index (χ2v) is 7.86. The summed E-state index contributed by atoms with van der Waals surface area (Å²) < 4.78 is 27.8. The van der Waals surface area contributed by atoms with Gasteiger partial charge in [-0.15, -0.1) is 0 Å². The fraction of sp³-hybridized carbons (Fsp3) is 0.538. The molecule has 0 bridgehead atoms. The summed E-state index contributed by atoms with van der Waals surface area (Å²) in [6.45, 7) is 5.48. The zero-order valence-electron chi connectivity index (χ0n) is 11.5. The molecule has 0 spiro atoms. The third kappa shape index (κ3) is 2.90. The summed E-state index contributed by atoms with van der Waals surface area (Å²) >= 11 is 1.78. The molecule has 4 nitrogen and oxygen atoms in total. The summed E-state index contributed by atoms with van der Waals surface area (Å²) in [6, 6.07) is 1.87. The van der Waals surface area contributed by atoms with Crippen LogP contribution in [0.15, 0.2) is 11.0 Å². The van der Waals surface area contributed by atoms with Crippen LogP contribution in [0, 0.1) is 20.8 Å². The molecule has 0 radical (unpaired) electrons. The van der Waals surface area contributed by atoms with Crippen molar-refractivity contribution in [2.24, 2.45) is 0 Å². The third-order valence-corrected chi connectivity index (χ3v) is 6.45. The van der Waals surface area contributed by atoms with Crippen molar-refractivity contribution in [1.82, 2.24) is 4.72 Å². The number of anilines is 1. The predicted molar refractivity (Wildman–Crippen MR) is 81.1 cm³/mol. The molecule has 19 heavy (non-hydrogen) atoms. The Morgan fingerprint density at radius 2 is 2.00 bits per heavy atom. The van der Waals surface area contributed by atoms with Gasteiger partial charge in [0.15, 0.2) is 0 Å². The SMILES string of the molecule is Cc1cc(C)c(S(=O)(=O)NC2CCSC2)c(C)c1N. The first-order chi connectivity index (χ1) is 8.83. The monoisotopic (exact) mass is 300 g/mol. The van der Waals surface area contributed by atoms with Crippen LogP contribution >= 0.6 is 11.8 Å². The Labute approximate surface area is 119 Å². The van der Waals surface area contributed by atoms with Crippen LogP contribution in [-0.2, 0) is 10.0 Å². The van der Waals surface area contributed by atoms with Crippen molar-refractivity contribution < 1.29 is 8.42 Å². The Bertz CT molecular complexity index is 591. The number of nitrogen functional groups attached to an aromatic ring is 1. The maximum Gasteiger partial charge on any atom is 0.241 e. The summed E-state index contributed by atoms with van der Waals surface area (Å²) in [5, 5.41) is 0. The lowest BCUT2D eigenvalue weighted by molar-refractivity contribution is 0.562. The number of hydrogen-bond acceptors (Lipinski definition) is 4. The summed E-state index contributed by atoms with van der Waals surface area (Å²) in [5.74, 6) is 1.86. The van der Waals surface area contributed by atoms with E-state index >= 15 is 0 Å². The van der Waals surface area contributed by atoms with Crippen LogP contribution in [0.1, 0.15) is 23.1 Å². The molecule has 0 amide bonds. The molecule has 1 aliphatic heterocycles. The Morgan fingerprint density at radius 3 is 2.58 bits per heavy atom. The van der Waals surface area contributed by atoms with E-state index in [0.717, 1.165) is 29.1 Å². The van der Waals surface area contributed by atoms with E-state index < -0.39 is 10.0 Å². The second kappa shape index (κ2) is 5.34. The van der Waals surface area contributed by atoms with Crippen molar-refractivity contribution in [2.45, 2.75) is 38.1 Å². The van der Waals surface area contributed by atoms with E-state index in [1.807, 2.05) is 19.9 Å². The lowest BCUT2D eigenvalue weighted by Gasteiger charge is -2.18. The minimum absolute atomic E-state index is 0.0383. The molecular weight excluding hydrogens is 280 g/mol. The van der Waals surface area contributed by atoms with Crippen LogP contribution in [0.25, 0.3) is 0 Å². The maximum atomic E-state index is 12.5. The minimum Gasteiger partial charge on any atom is -0.398 e. The molecule has 1 aliphatic rings. The molecule has 1 heterocycles. The Kier molecular flexibility index (Phi) is 4.13. The third-order valence-electron chi connectivity index (χ3n) is 3.48. The molecule has 0 aromatic heterocycles. The number of benzene rings is 1. The fourth-order valence-electron chi connectivity index (χ4n) is 2.50. The Balaban J connectivity index is 2.42. The second-order valence-electron chi connectivity index (χ2n) is 5.06. The van der Waals surface area contributed by atoms with Crippen LogP contribution in [0.3, 0.4) is 0 Å². The van der Waals surface area contributed by atoms with Crippen LogP contribution < -0.4 is 10.5 Å². The van der Waals surface area contributed by atoms with E-state index in [0.29, 0.717) is 16.1 Å². The van der Waals surface area contributed by atoms with E-state index in [9.17, 15) is 8.42 Å². The van der Waals surface area contributed by atoms with Gasteiger partial charge < -0.3 is 5.73 Å². The summed E-state index contributed by atoms with van der Waals surface area (Å²) in [6.07, 6.45) is 0.892. The molecule has 6 heteroatoms. The number of hydrogen-bond donors (Lipinski definition) is 2. The number of nitrogens with two attached hydrogens (primary N) is 1.